The summed E-state index contributed by atoms with van der Waals surface area (Å²) in [5.74, 6) is 1.05. The number of hydrogen-bond donors (Lipinski definition) is 3. The lowest BCUT2D eigenvalue weighted by molar-refractivity contribution is 0.0936. The zero-order valence-corrected chi connectivity index (χ0v) is 22.0. The number of phenols is 1. The van der Waals surface area contributed by atoms with Gasteiger partial charge in [0.2, 0.25) is 0 Å². The Morgan fingerprint density at radius 3 is 2.81 bits per heavy atom. The number of fused-ring (bicyclic) bond motifs is 2. The van der Waals surface area contributed by atoms with E-state index in [2.05, 4.69) is 26.4 Å². The van der Waals surface area contributed by atoms with Crippen LogP contribution in [0.4, 0.5) is 5.82 Å². The van der Waals surface area contributed by atoms with E-state index >= 15 is 0 Å². The average Bonchev–Trinajstić information content (AvgIpc) is 3.76. The summed E-state index contributed by atoms with van der Waals surface area (Å²) in [6, 6.07) is 17.4. The zero-order valence-electron chi connectivity index (χ0n) is 22.0. The molecular weight excluding hydrogens is 534 g/mol. The van der Waals surface area contributed by atoms with Crippen molar-refractivity contribution in [2.24, 2.45) is 0 Å². The molecule has 7 rings (SSSR count). The lowest BCUT2D eigenvalue weighted by Gasteiger charge is -2.16. The molecule has 4 N–H and O–H groups in total. The summed E-state index contributed by atoms with van der Waals surface area (Å²) < 4.78 is 3.53. The van der Waals surface area contributed by atoms with Crippen molar-refractivity contribution in [3.8, 4) is 28.6 Å². The first-order chi connectivity index (χ1) is 20.5. The molecule has 0 aliphatic heterocycles. The van der Waals surface area contributed by atoms with Gasteiger partial charge in [-0.3, -0.25) is 14.2 Å². The number of aryl methyl sites for hydroxylation is 1. The van der Waals surface area contributed by atoms with E-state index < -0.39 is 0 Å². The van der Waals surface area contributed by atoms with E-state index in [-0.39, 0.29) is 23.3 Å². The summed E-state index contributed by atoms with van der Waals surface area (Å²) in [5.41, 5.74) is 11.5. The Labute approximate surface area is 238 Å². The molecule has 12 heteroatoms. The molecular formula is C30H23N9O3. The Morgan fingerprint density at radius 1 is 1.10 bits per heavy atom. The third-order valence-corrected chi connectivity index (χ3v) is 7.41. The number of nitrogens with one attached hydrogen (secondary N) is 1. The molecule has 0 unspecified atom stereocenters. The second kappa shape index (κ2) is 9.93. The summed E-state index contributed by atoms with van der Waals surface area (Å²) in [7, 11) is 0. The van der Waals surface area contributed by atoms with Crippen molar-refractivity contribution in [1.82, 2.24) is 39.6 Å². The first-order valence-corrected chi connectivity index (χ1v) is 13.2. The molecule has 0 spiro atoms. The van der Waals surface area contributed by atoms with Crippen LogP contribution in [-0.4, -0.2) is 51.6 Å². The van der Waals surface area contributed by atoms with Gasteiger partial charge in [-0.1, -0.05) is 6.07 Å². The van der Waals surface area contributed by atoms with Gasteiger partial charge < -0.3 is 16.2 Å². The fraction of sp³-hybridized carbons (Fsp3) is 0.100. The fourth-order valence-corrected chi connectivity index (χ4v) is 5.36. The lowest BCUT2D eigenvalue weighted by atomic mass is 10.1. The Bertz CT molecular complexity index is 2000. The molecule has 42 heavy (non-hydrogen) atoms. The number of nitrogen functional groups attached to an aromatic ring is 1. The molecule has 0 radical (unpaired) electrons. The van der Waals surface area contributed by atoms with Crippen LogP contribution in [0.3, 0.4) is 0 Å². The Morgan fingerprint density at radius 2 is 2.00 bits per heavy atom. The highest BCUT2D eigenvalue weighted by Crippen LogP contribution is 2.36. The minimum atomic E-state index is -0.320. The van der Waals surface area contributed by atoms with Crippen molar-refractivity contribution in [3.63, 3.8) is 0 Å². The molecule has 2 aromatic carbocycles. The number of hydrogen-bond acceptors (Lipinski definition) is 9. The number of phenolic OH excluding ortho intramolecular Hbond substituents is 1. The van der Waals surface area contributed by atoms with Crippen molar-refractivity contribution in [1.29, 1.82) is 0 Å². The molecule has 0 bridgehead atoms. The third kappa shape index (κ3) is 4.22. The predicted molar refractivity (Wildman–Crippen MR) is 153 cm³/mol. The number of nitrogens with two attached hydrogens (primary N) is 1. The van der Waals surface area contributed by atoms with Crippen LogP contribution in [0, 0.1) is 0 Å². The van der Waals surface area contributed by atoms with E-state index in [1.54, 1.807) is 17.2 Å². The summed E-state index contributed by atoms with van der Waals surface area (Å²) in [6.45, 7) is 0. The SMILES string of the molecule is Nc1ncccc1-c1nc2ccc(-n3cncn3)nc2n1-c1ccc2c(c1)CC[C@@H]2NC(=O)c1ccc(O)c(C=O)c1. The minimum absolute atomic E-state index is 0.0670. The lowest BCUT2D eigenvalue weighted by Crippen LogP contribution is -2.27. The number of pyridine rings is 2. The molecule has 0 saturated carbocycles. The zero-order chi connectivity index (χ0) is 28.8. The standard InChI is InChI=1S/C30H23N9O3/c31-27-22(2-1-11-33-27)28-35-24-8-10-26(38-16-32-15-34-38)37-29(24)39(28)20-5-6-21-17(13-20)3-7-23(21)36-30(42)18-4-9-25(41)19(12-18)14-40/h1-2,4-6,8-16,23,41H,3,7H2,(H2,31,33)(H,36,42)/t23-/m0/s1. The van der Waals surface area contributed by atoms with Crippen LogP contribution in [0.5, 0.6) is 5.75 Å². The van der Waals surface area contributed by atoms with Crippen LogP contribution in [0.1, 0.15) is 44.3 Å². The first kappa shape index (κ1) is 25.1. The van der Waals surface area contributed by atoms with Crippen LogP contribution in [0.25, 0.3) is 34.1 Å². The maximum Gasteiger partial charge on any atom is 0.251 e. The number of nitrogens with zero attached hydrogens (tertiary/aromatic N) is 7. The van der Waals surface area contributed by atoms with Crippen LogP contribution in [0.15, 0.2) is 79.5 Å². The van der Waals surface area contributed by atoms with Crippen molar-refractivity contribution in [2.75, 3.05) is 5.73 Å². The van der Waals surface area contributed by atoms with E-state index in [0.717, 1.165) is 23.2 Å². The highest BCUT2D eigenvalue weighted by atomic mass is 16.3. The summed E-state index contributed by atoms with van der Waals surface area (Å²) in [5, 5.41) is 17.1. The molecule has 0 saturated heterocycles. The van der Waals surface area contributed by atoms with Crippen molar-refractivity contribution >= 4 is 29.2 Å². The van der Waals surface area contributed by atoms with Crippen LogP contribution >= 0.6 is 0 Å². The van der Waals surface area contributed by atoms with E-state index in [1.165, 1.54) is 24.5 Å². The molecule has 1 aliphatic carbocycles. The van der Waals surface area contributed by atoms with Crippen molar-refractivity contribution < 1.29 is 14.7 Å². The van der Waals surface area contributed by atoms with Gasteiger partial charge in [0.05, 0.1) is 17.2 Å². The van der Waals surface area contributed by atoms with Crippen LogP contribution in [0.2, 0.25) is 0 Å². The number of carbonyl (C=O) groups is 2. The smallest absolute Gasteiger partial charge is 0.251 e. The summed E-state index contributed by atoms with van der Waals surface area (Å²) in [4.78, 5) is 42.3. The summed E-state index contributed by atoms with van der Waals surface area (Å²) in [6.07, 6.45) is 6.65. The molecule has 12 nitrogen and oxygen atoms in total. The van der Waals surface area contributed by atoms with Gasteiger partial charge in [-0.2, -0.15) is 5.10 Å². The molecule has 206 valence electrons. The van der Waals surface area contributed by atoms with E-state index in [0.29, 0.717) is 52.5 Å². The number of aldehydes is 1. The van der Waals surface area contributed by atoms with Gasteiger partial charge in [-0.15, -0.1) is 0 Å². The van der Waals surface area contributed by atoms with E-state index in [4.69, 9.17) is 15.7 Å². The second-order valence-corrected chi connectivity index (χ2v) is 9.90. The number of anilines is 1. The van der Waals surface area contributed by atoms with Gasteiger partial charge in [-0.05, 0) is 78.6 Å². The van der Waals surface area contributed by atoms with Gasteiger partial charge >= 0.3 is 0 Å². The predicted octanol–water partition coefficient (Wildman–Crippen LogP) is 3.58. The van der Waals surface area contributed by atoms with Crippen LogP contribution in [-0.2, 0) is 6.42 Å². The molecule has 0 fully saturated rings. The van der Waals surface area contributed by atoms with Crippen molar-refractivity contribution in [3.05, 3.63) is 102 Å². The number of carbonyl (C=O) groups excluding carboxylic acids is 2. The quantitative estimate of drug-likeness (QED) is 0.259. The second-order valence-electron chi connectivity index (χ2n) is 9.90. The molecule has 1 atom stereocenters. The topological polar surface area (TPSA) is 167 Å². The highest BCUT2D eigenvalue weighted by molar-refractivity contribution is 5.96. The van der Waals surface area contributed by atoms with E-state index in [1.807, 2.05) is 41.0 Å². The average molecular weight is 558 g/mol. The van der Waals surface area contributed by atoms with Gasteiger partial charge in [0.25, 0.3) is 5.91 Å². The Hall–Kier alpha value is -5.91. The molecule has 4 aromatic heterocycles. The highest BCUT2D eigenvalue weighted by Gasteiger charge is 2.26. The Kier molecular flexibility index (Phi) is 5.93. The number of imidazole rings is 1. The third-order valence-electron chi connectivity index (χ3n) is 7.41. The van der Waals surface area contributed by atoms with Gasteiger partial charge in [0, 0.05) is 17.4 Å². The molecule has 4 heterocycles. The number of rotatable bonds is 6. The number of amides is 1. The van der Waals surface area contributed by atoms with Gasteiger partial charge in [-0.25, -0.2) is 24.6 Å². The van der Waals surface area contributed by atoms with Crippen molar-refractivity contribution in [2.45, 2.75) is 18.9 Å². The monoisotopic (exact) mass is 557 g/mol. The summed E-state index contributed by atoms with van der Waals surface area (Å²) >= 11 is 0. The van der Waals surface area contributed by atoms with Gasteiger partial charge in [0.15, 0.2) is 23.6 Å². The molecule has 1 aliphatic rings. The Balaban J connectivity index is 1.29. The normalized spacial score (nSPS) is 14.1. The maximum absolute atomic E-state index is 13.0. The van der Waals surface area contributed by atoms with Crippen LogP contribution < -0.4 is 11.1 Å². The van der Waals surface area contributed by atoms with Gasteiger partial charge in [0.1, 0.15) is 29.7 Å². The fourth-order valence-electron chi connectivity index (χ4n) is 5.36. The van der Waals surface area contributed by atoms with E-state index in [9.17, 15) is 14.7 Å². The number of benzene rings is 2. The largest absolute Gasteiger partial charge is 0.507 e. The number of aromatic nitrogens is 7. The number of aromatic hydroxyl groups is 1. The molecule has 1 amide bonds. The minimum Gasteiger partial charge on any atom is -0.507 e. The first-order valence-electron chi connectivity index (χ1n) is 13.2. The molecule has 6 aromatic rings. The maximum atomic E-state index is 13.0.